The van der Waals surface area contributed by atoms with Gasteiger partial charge in [0.2, 0.25) is 0 Å². The molecule has 154 valence electrons. The van der Waals surface area contributed by atoms with Crippen LogP contribution >= 0.6 is 0 Å². The lowest BCUT2D eigenvalue weighted by atomic mass is 10.0. The summed E-state index contributed by atoms with van der Waals surface area (Å²) in [4.78, 5) is 0. The van der Waals surface area contributed by atoms with E-state index in [4.69, 9.17) is 0 Å². The second-order valence-corrected chi connectivity index (χ2v) is 7.47. The molecule has 0 nitrogen and oxygen atoms in total. The van der Waals surface area contributed by atoms with E-state index in [0.717, 1.165) is 18.1 Å². The lowest BCUT2D eigenvalue weighted by Crippen LogP contribution is -1.94. The highest BCUT2D eigenvalue weighted by molar-refractivity contribution is 5.84. The molecule has 0 bridgehead atoms. The fourth-order valence-corrected chi connectivity index (χ4v) is 3.38. The van der Waals surface area contributed by atoms with Crippen LogP contribution in [-0.2, 0) is 12.8 Å². The third-order valence-corrected chi connectivity index (χ3v) is 5.17. The second kappa shape index (κ2) is 8.65. The van der Waals surface area contributed by atoms with E-state index >= 15 is 0 Å². The number of fused-ring (bicyclic) bond motifs is 1. The van der Waals surface area contributed by atoms with Crippen LogP contribution in [0.5, 0.6) is 0 Å². The van der Waals surface area contributed by atoms with Crippen LogP contribution in [-0.4, -0.2) is 0 Å². The number of benzene rings is 4. The van der Waals surface area contributed by atoms with Crippen molar-refractivity contribution >= 4 is 10.8 Å². The molecule has 0 heterocycles. The molecule has 0 unspecified atom stereocenters. The third-order valence-electron chi connectivity index (χ3n) is 5.17. The first-order chi connectivity index (χ1) is 14.9. The standard InChI is InChI=1S/C27H18F4/c1-17-2-4-18(5-3-17)6-7-20-9-12-21(24(28)15-20)11-8-19-10-13-23-22(14-19)16-25(29)27(31)26(23)30/h2-5,9-10,12-16H,6-7H2,1H3. The zero-order chi connectivity index (χ0) is 22.0. The van der Waals surface area contributed by atoms with E-state index in [9.17, 15) is 17.6 Å². The Morgan fingerprint density at radius 1 is 0.645 bits per heavy atom. The molecule has 0 aliphatic heterocycles. The molecule has 0 amide bonds. The first kappa shape index (κ1) is 20.7. The van der Waals surface area contributed by atoms with E-state index < -0.39 is 23.3 Å². The van der Waals surface area contributed by atoms with E-state index in [0.29, 0.717) is 12.0 Å². The molecule has 0 aromatic heterocycles. The Morgan fingerprint density at radius 3 is 2.10 bits per heavy atom. The number of aryl methyl sites for hydroxylation is 3. The minimum absolute atomic E-state index is 0.0337. The van der Waals surface area contributed by atoms with Gasteiger partial charge in [-0.25, -0.2) is 17.6 Å². The molecule has 4 rings (SSSR count). The molecule has 0 spiro atoms. The summed E-state index contributed by atoms with van der Waals surface area (Å²) in [6, 6.07) is 18.4. The lowest BCUT2D eigenvalue weighted by molar-refractivity contribution is 0.453. The summed E-state index contributed by atoms with van der Waals surface area (Å²) >= 11 is 0. The van der Waals surface area contributed by atoms with Crippen molar-refractivity contribution in [2.75, 3.05) is 0 Å². The highest BCUT2D eigenvalue weighted by atomic mass is 19.2. The summed E-state index contributed by atoms with van der Waals surface area (Å²) in [7, 11) is 0. The predicted molar refractivity (Wildman–Crippen MR) is 115 cm³/mol. The van der Waals surface area contributed by atoms with Gasteiger partial charge in [-0.1, -0.05) is 53.8 Å². The average Bonchev–Trinajstić information content (AvgIpc) is 2.76. The van der Waals surface area contributed by atoms with Crippen LogP contribution in [0, 0.1) is 42.0 Å². The SMILES string of the molecule is Cc1ccc(CCc2ccc(C#Cc3ccc4c(F)c(F)c(F)cc4c3)c(F)c2)cc1. The van der Waals surface area contributed by atoms with Crippen molar-refractivity contribution in [1.82, 2.24) is 0 Å². The van der Waals surface area contributed by atoms with E-state index in [1.165, 1.54) is 35.4 Å². The van der Waals surface area contributed by atoms with Crippen molar-refractivity contribution < 1.29 is 17.6 Å². The Kier molecular flexibility index (Phi) is 5.77. The monoisotopic (exact) mass is 418 g/mol. The van der Waals surface area contributed by atoms with Crippen LogP contribution in [0.2, 0.25) is 0 Å². The molecule has 4 aromatic carbocycles. The molecule has 4 heteroatoms. The topological polar surface area (TPSA) is 0 Å². The van der Waals surface area contributed by atoms with Gasteiger partial charge in [-0.15, -0.1) is 0 Å². The van der Waals surface area contributed by atoms with Crippen LogP contribution in [0.15, 0.2) is 66.7 Å². The van der Waals surface area contributed by atoms with Crippen molar-refractivity contribution in [1.29, 1.82) is 0 Å². The zero-order valence-corrected chi connectivity index (χ0v) is 16.8. The Hall–Kier alpha value is -3.58. The van der Waals surface area contributed by atoms with E-state index in [1.807, 2.05) is 13.0 Å². The summed E-state index contributed by atoms with van der Waals surface area (Å²) in [6.45, 7) is 2.03. The van der Waals surface area contributed by atoms with Gasteiger partial charge in [-0.2, -0.15) is 0 Å². The number of hydrogen-bond donors (Lipinski definition) is 0. The second-order valence-electron chi connectivity index (χ2n) is 7.47. The lowest BCUT2D eigenvalue weighted by Gasteiger charge is -2.04. The summed E-state index contributed by atoms with van der Waals surface area (Å²) in [6.07, 6.45) is 1.53. The van der Waals surface area contributed by atoms with Gasteiger partial charge in [0, 0.05) is 10.9 Å². The largest absolute Gasteiger partial charge is 0.206 e. The molecule has 0 saturated carbocycles. The smallest absolute Gasteiger partial charge is 0.195 e. The Morgan fingerprint density at radius 2 is 1.35 bits per heavy atom. The maximum absolute atomic E-state index is 14.5. The predicted octanol–water partition coefficient (Wildman–Crippen LogP) is 6.89. The van der Waals surface area contributed by atoms with Crippen LogP contribution in [0.25, 0.3) is 10.8 Å². The van der Waals surface area contributed by atoms with Crippen molar-refractivity contribution in [3.8, 4) is 11.8 Å². The molecule has 0 fully saturated rings. The minimum Gasteiger partial charge on any atom is -0.206 e. The molecule has 4 aromatic rings. The molecule has 0 saturated heterocycles. The summed E-state index contributed by atoms with van der Waals surface area (Å²) in [5.41, 5.74) is 3.95. The van der Waals surface area contributed by atoms with E-state index in [2.05, 4.69) is 36.1 Å². The number of halogens is 4. The van der Waals surface area contributed by atoms with Gasteiger partial charge < -0.3 is 0 Å². The van der Waals surface area contributed by atoms with E-state index in [1.54, 1.807) is 6.07 Å². The van der Waals surface area contributed by atoms with Crippen molar-refractivity contribution in [2.45, 2.75) is 19.8 Å². The third kappa shape index (κ3) is 4.62. The van der Waals surface area contributed by atoms with Crippen molar-refractivity contribution in [3.05, 3.63) is 118 Å². The highest BCUT2D eigenvalue weighted by Gasteiger charge is 2.13. The van der Waals surface area contributed by atoms with Gasteiger partial charge in [-0.05, 0) is 66.6 Å². The van der Waals surface area contributed by atoms with Gasteiger partial charge in [0.1, 0.15) is 5.82 Å². The summed E-state index contributed by atoms with van der Waals surface area (Å²) in [5, 5.41) is 0.156. The van der Waals surface area contributed by atoms with Gasteiger partial charge in [0.25, 0.3) is 0 Å². The fourth-order valence-electron chi connectivity index (χ4n) is 3.38. The number of rotatable bonds is 3. The van der Waals surface area contributed by atoms with Crippen LogP contribution in [0.1, 0.15) is 27.8 Å². The molecule has 0 aliphatic carbocycles. The maximum Gasteiger partial charge on any atom is 0.195 e. The van der Waals surface area contributed by atoms with Crippen LogP contribution in [0.4, 0.5) is 17.6 Å². The molecule has 0 aliphatic rings. The molecule has 0 N–H and O–H groups in total. The Labute approximate surface area is 178 Å². The quantitative estimate of drug-likeness (QED) is 0.193. The fraction of sp³-hybridized carbons (Fsp3) is 0.111. The minimum atomic E-state index is -1.50. The number of hydrogen-bond acceptors (Lipinski definition) is 0. The molecular weight excluding hydrogens is 400 g/mol. The average molecular weight is 418 g/mol. The van der Waals surface area contributed by atoms with E-state index in [-0.39, 0.29) is 16.3 Å². The van der Waals surface area contributed by atoms with Gasteiger partial charge in [-0.3, -0.25) is 0 Å². The van der Waals surface area contributed by atoms with Gasteiger partial charge in [0.15, 0.2) is 17.5 Å². The van der Waals surface area contributed by atoms with Crippen molar-refractivity contribution in [2.24, 2.45) is 0 Å². The zero-order valence-electron chi connectivity index (χ0n) is 16.8. The first-order valence-corrected chi connectivity index (χ1v) is 9.84. The molecule has 0 radical (unpaired) electrons. The molecular formula is C27H18F4. The first-order valence-electron chi connectivity index (χ1n) is 9.84. The molecule has 31 heavy (non-hydrogen) atoms. The Bertz CT molecular complexity index is 1330. The maximum atomic E-state index is 14.5. The molecule has 0 atom stereocenters. The van der Waals surface area contributed by atoms with Crippen LogP contribution in [0.3, 0.4) is 0 Å². The highest BCUT2D eigenvalue weighted by Crippen LogP contribution is 2.24. The van der Waals surface area contributed by atoms with Gasteiger partial charge >= 0.3 is 0 Å². The van der Waals surface area contributed by atoms with Gasteiger partial charge in [0.05, 0.1) is 5.56 Å². The normalized spacial score (nSPS) is 10.7. The summed E-state index contributed by atoms with van der Waals surface area (Å²) < 4.78 is 55.1. The van der Waals surface area contributed by atoms with Crippen LogP contribution < -0.4 is 0 Å². The van der Waals surface area contributed by atoms with Crippen molar-refractivity contribution in [3.63, 3.8) is 0 Å². The summed E-state index contributed by atoms with van der Waals surface area (Å²) in [5.74, 6) is 1.13. The Balaban J connectivity index is 1.52.